The Kier molecular flexibility index (Phi) is 5.60. The molecule has 3 heterocycles. The molecule has 7 heteroatoms. The van der Waals surface area contributed by atoms with Crippen LogP contribution in [0.5, 0.6) is 0 Å². The maximum absolute atomic E-state index is 12.5. The number of carbonyl (C=O) groups is 2. The van der Waals surface area contributed by atoms with E-state index in [-0.39, 0.29) is 35.9 Å². The molecule has 0 saturated carbocycles. The summed E-state index contributed by atoms with van der Waals surface area (Å²) in [6.45, 7) is 3.28. The molecule has 1 aromatic carbocycles. The summed E-state index contributed by atoms with van der Waals surface area (Å²) in [5.41, 5.74) is 0.394. The van der Waals surface area contributed by atoms with E-state index in [0.29, 0.717) is 12.8 Å². The van der Waals surface area contributed by atoms with Crippen molar-refractivity contribution in [1.82, 2.24) is 0 Å². The number of benzene rings is 1. The molecule has 31 heavy (non-hydrogen) atoms. The molecular formula is C24H26O7. The number of hydrogen-bond acceptors (Lipinski definition) is 7. The molecule has 1 fully saturated rings. The van der Waals surface area contributed by atoms with Gasteiger partial charge in [0, 0.05) is 24.0 Å². The molecule has 4 atom stereocenters. The normalized spacial score (nSPS) is 34.5. The van der Waals surface area contributed by atoms with E-state index in [4.69, 9.17) is 14.2 Å². The van der Waals surface area contributed by atoms with Gasteiger partial charge in [-0.3, -0.25) is 0 Å². The standard InChI is InChI=1S/C24H26O7/c1-15-12-18(25)21-17(14-29-20(26)9-8-16-6-4-3-5-7-16)22(27)30-19(21)13-23(2)10-11-24(15,28)31-23/h3-9,13,15,18,25,28H,10-12,14H2,1-2H3/b9-8+,19-13+/t15-,18+,23?,24?/m1/s1. The van der Waals surface area contributed by atoms with Crippen LogP contribution < -0.4 is 0 Å². The predicted molar refractivity (Wildman–Crippen MR) is 111 cm³/mol. The Balaban J connectivity index is 1.57. The lowest BCUT2D eigenvalue weighted by Crippen LogP contribution is -2.39. The second-order valence-electron chi connectivity index (χ2n) is 8.55. The summed E-state index contributed by atoms with van der Waals surface area (Å²) in [5, 5.41) is 21.7. The first-order valence-electron chi connectivity index (χ1n) is 10.4. The predicted octanol–water partition coefficient (Wildman–Crippen LogP) is 2.64. The van der Waals surface area contributed by atoms with Crippen LogP contribution in [0.2, 0.25) is 0 Å². The number of hydrogen-bond donors (Lipinski definition) is 2. The van der Waals surface area contributed by atoms with Crippen molar-refractivity contribution in [3.05, 3.63) is 65.0 Å². The van der Waals surface area contributed by atoms with Gasteiger partial charge in [0.05, 0.1) is 17.3 Å². The van der Waals surface area contributed by atoms with Gasteiger partial charge < -0.3 is 24.4 Å². The number of carbonyl (C=O) groups excluding carboxylic acids is 2. The topological polar surface area (TPSA) is 102 Å². The molecule has 3 aliphatic heterocycles. The molecule has 4 rings (SSSR count). The van der Waals surface area contributed by atoms with Crippen molar-refractivity contribution in [1.29, 1.82) is 0 Å². The summed E-state index contributed by atoms with van der Waals surface area (Å²) in [6, 6.07) is 9.28. The van der Waals surface area contributed by atoms with Gasteiger partial charge >= 0.3 is 11.9 Å². The lowest BCUT2D eigenvalue weighted by atomic mass is 9.86. The van der Waals surface area contributed by atoms with Gasteiger partial charge in [-0.15, -0.1) is 0 Å². The lowest BCUT2D eigenvalue weighted by molar-refractivity contribution is -0.238. The first-order valence-corrected chi connectivity index (χ1v) is 10.4. The highest BCUT2D eigenvalue weighted by molar-refractivity contribution is 5.96. The Morgan fingerprint density at radius 3 is 2.77 bits per heavy atom. The minimum atomic E-state index is -1.36. The fraction of sp³-hybridized carbons (Fsp3) is 0.417. The number of fused-ring (bicyclic) bond motifs is 3. The average molecular weight is 426 g/mol. The van der Waals surface area contributed by atoms with Crippen LogP contribution >= 0.6 is 0 Å². The van der Waals surface area contributed by atoms with E-state index in [1.807, 2.05) is 30.3 Å². The zero-order chi connectivity index (χ0) is 22.2. The molecular weight excluding hydrogens is 400 g/mol. The van der Waals surface area contributed by atoms with Gasteiger partial charge in [0.25, 0.3) is 0 Å². The molecule has 1 aromatic rings. The fourth-order valence-electron chi connectivity index (χ4n) is 4.30. The number of ether oxygens (including phenoxy) is 3. The molecule has 0 aromatic heterocycles. The second-order valence-corrected chi connectivity index (χ2v) is 8.55. The van der Waals surface area contributed by atoms with Gasteiger partial charge in [0.2, 0.25) is 0 Å². The van der Waals surface area contributed by atoms with E-state index in [1.54, 1.807) is 26.0 Å². The highest BCUT2D eigenvalue weighted by atomic mass is 16.6. The van der Waals surface area contributed by atoms with Crippen molar-refractivity contribution >= 4 is 18.0 Å². The summed E-state index contributed by atoms with van der Waals surface area (Å²) in [7, 11) is 0. The van der Waals surface area contributed by atoms with Crippen LogP contribution in [-0.4, -0.2) is 46.3 Å². The summed E-state index contributed by atoms with van der Waals surface area (Å²) in [6.07, 6.45) is 4.59. The van der Waals surface area contributed by atoms with Crippen LogP contribution in [0.25, 0.3) is 6.08 Å². The van der Waals surface area contributed by atoms with Crippen molar-refractivity contribution in [2.24, 2.45) is 5.92 Å². The highest BCUT2D eigenvalue weighted by Gasteiger charge is 2.51. The highest BCUT2D eigenvalue weighted by Crippen LogP contribution is 2.47. The largest absolute Gasteiger partial charge is 0.457 e. The van der Waals surface area contributed by atoms with Crippen molar-refractivity contribution in [3.8, 4) is 0 Å². The molecule has 0 aliphatic carbocycles. The van der Waals surface area contributed by atoms with Crippen LogP contribution in [0, 0.1) is 5.92 Å². The molecule has 1 saturated heterocycles. The first-order chi connectivity index (χ1) is 14.7. The monoisotopic (exact) mass is 426 g/mol. The Labute approximate surface area is 180 Å². The minimum Gasteiger partial charge on any atom is -0.457 e. The van der Waals surface area contributed by atoms with E-state index >= 15 is 0 Å². The Bertz CT molecular complexity index is 977. The minimum absolute atomic E-state index is 0.0979. The Morgan fingerprint density at radius 1 is 1.29 bits per heavy atom. The maximum atomic E-state index is 12.5. The number of esters is 2. The molecule has 2 unspecified atom stereocenters. The fourth-order valence-corrected chi connectivity index (χ4v) is 4.30. The van der Waals surface area contributed by atoms with Gasteiger partial charge in [-0.25, -0.2) is 9.59 Å². The molecule has 0 amide bonds. The molecule has 0 spiro atoms. The second kappa shape index (κ2) is 8.07. The van der Waals surface area contributed by atoms with E-state index in [1.165, 1.54) is 6.08 Å². The van der Waals surface area contributed by atoms with Gasteiger partial charge in [0.1, 0.15) is 12.4 Å². The van der Waals surface area contributed by atoms with E-state index in [2.05, 4.69) is 0 Å². The summed E-state index contributed by atoms with van der Waals surface area (Å²) in [4.78, 5) is 24.6. The Hall–Kier alpha value is -2.74. The van der Waals surface area contributed by atoms with Crippen LogP contribution in [-0.2, 0) is 23.8 Å². The molecule has 2 N–H and O–H groups in total. The molecule has 3 aliphatic rings. The smallest absolute Gasteiger partial charge is 0.343 e. The van der Waals surface area contributed by atoms with Gasteiger partial charge in [-0.1, -0.05) is 37.3 Å². The van der Waals surface area contributed by atoms with Crippen molar-refractivity contribution in [2.45, 2.75) is 50.6 Å². The van der Waals surface area contributed by atoms with Gasteiger partial charge in [-0.2, -0.15) is 0 Å². The lowest BCUT2D eigenvalue weighted by Gasteiger charge is -2.32. The van der Waals surface area contributed by atoms with Crippen LogP contribution in [0.4, 0.5) is 0 Å². The third-order valence-electron chi connectivity index (χ3n) is 6.12. The van der Waals surface area contributed by atoms with Crippen LogP contribution in [0.1, 0.15) is 38.7 Å². The van der Waals surface area contributed by atoms with Gasteiger partial charge in [0.15, 0.2) is 5.79 Å². The SMILES string of the molecule is C[C@@H]1C[C@H](O)C2=C(COC(=O)/C=C/c3ccccc3)C(=O)O/C2=C/C2(C)CCC1(O)O2. The molecule has 2 bridgehead atoms. The van der Waals surface area contributed by atoms with E-state index in [0.717, 1.165) is 5.56 Å². The number of rotatable bonds is 4. The van der Waals surface area contributed by atoms with Gasteiger partial charge in [-0.05, 0) is 37.5 Å². The van der Waals surface area contributed by atoms with E-state index < -0.39 is 29.4 Å². The third-order valence-corrected chi connectivity index (χ3v) is 6.12. The number of aliphatic hydroxyl groups is 2. The van der Waals surface area contributed by atoms with Crippen LogP contribution in [0.15, 0.2) is 59.4 Å². The summed E-state index contributed by atoms with van der Waals surface area (Å²) in [5.74, 6) is -2.81. The molecule has 0 radical (unpaired) electrons. The number of aliphatic hydroxyl groups excluding tert-OH is 1. The van der Waals surface area contributed by atoms with Crippen LogP contribution in [0.3, 0.4) is 0 Å². The summed E-state index contributed by atoms with van der Waals surface area (Å²) < 4.78 is 16.6. The molecule has 164 valence electrons. The maximum Gasteiger partial charge on any atom is 0.343 e. The Morgan fingerprint density at radius 2 is 2.03 bits per heavy atom. The quantitative estimate of drug-likeness (QED) is 0.564. The average Bonchev–Trinajstić information content (AvgIpc) is 3.21. The molecule has 7 nitrogen and oxygen atoms in total. The van der Waals surface area contributed by atoms with Crippen molar-refractivity contribution in [2.75, 3.05) is 6.61 Å². The van der Waals surface area contributed by atoms with Crippen molar-refractivity contribution in [3.63, 3.8) is 0 Å². The first kappa shape index (κ1) is 21.5. The zero-order valence-electron chi connectivity index (χ0n) is 17.5. The third kappa shape index (κ3) is 4.35. The van der Waals surface area contributed by atoms with E-state index in [9.17, 15) is 19.8 Å². The summed E-state index contributed by atoms with van der Waals surface area (Å²) >= 11 is 0. The van der Waals surface area contributed by atoms with Crippen molar-refractivity contribution < 1.29 is 34.0 Å². The zero-order valence-corrected chi connectivity index (χ0v) is 17.5.